The van der Waals surface area contributed by atoms with Crippen molar-refractivity contribution in [2.75, 3.05) is 0 Å². The highest BCUT2D eigenvalue weighted by Crippen LogP contribution is 2.17. The molecule has 0 saturated heterocycles. The molecule has 4 heteroatoms. The summed E-state index contributed by atoms with van der Waals surface area (Å²) < 4.78 is 5.78. The maximum atomic E-state index is 8.65. The van der Waals surface area contributed by atoms with Crippen molar-refractivity contribution in [3.8, 4) is 5.75 Å². The van der Waals surface area contributed by atoms with E-state index >= 15 is 0 Å². The maximum Gasteiger partial charge on any atom is 0.120 e. The summed E-state index contributed by atoms with van der Waals surface area (Å²) in [6.07, 6.45) is 1.56. The van der Waals surface area contributed by atoms with Crippen LogP contribution >= 0.6 is 11.6 Å². The van der Waals surface area contributed by atoms with Crippen molar-refractivity contribution < 1.29 is 9.94 Å². The highest BCUT2D eigenvalue weighted by Gasteiger charge is 2.00. The van der Waals surface area contributed by atoms with Crippen LogP contribution in [0, 0.1) is 0 Å². The van der Waals surface area contributed by atoms with Gasteiger partial charge in [0, 0.05) is 5.02 Å². The number of nitrogens with zero attached hydrogens (tertiary/aromatic N) is 1. The highest BCUT2D eigenvalue weighted by atomic mass is 35.5. The number of oxime groups is 1. The quantitative estimate of drug-likeness (QED) is 0.477. The molecule has 0 spiro atoms. The van der Waals surface area contributed by atoms with Crippen LogP contribution in [0.2, 0.25) is 5.02 Å². The van der Waals surface area contributed by atoms with Crippen molar-refractivity contribution in [3.05, 3.63) is 64.7 Å². The minimum Gasteiger partial charge on any atom is -0.489 e. The molecule has 0 radical (unpaired) electrons. The van der Waals surface area contributed by atoms with Crippen molar-refractivity contribution in [1.82, 2.24) is 0 Å². The summed E-state index contributed by atoms with van der Waals surface area (Å²) in [7, 11) is 0. The van der Waals surface area contributed by atoms with Crippen molar-refractivity contribution in [3.63, 3.8) is 0 Å². The predicted molar refractivity (Wildman–Crippen MR) is 85.4 cm³/mol. The molecule has 21 heavy (non-hydrogen) atoms. The van der Waals surface area contributed by atoms with Crippen molar-refractivity contribution in [2.45, 2.75) is 26.4 Å². The molecule has 0 atom stereocenters. The summed E-state index contributed by atoms with van der Waals surface area (Å²) in [6, 6.07) is 15.6. The van der Waals surface area contributed by atoms with Gasteiger partial charge < -0.3 is 9.94 Å². The van der Waals surface area contributed by atoms with Gasteiger partial charge in [0.25, 0.3) is 0 Å². The molecule has 2 rings (SSSR count). The van der Waals surface area contributed by atoms with Gasteiger partial charge in [-0.25, -0.2) is 0 Å². The Morgan fingerprint density at radius 1 is 1.14 bits per heavy atom. The van der Waals surface area contributed by atoms with Crippen LogP contribution in [-0.2, 0) is 13.0 Å². The molecule has 0 amide bonds. The van der Waals surface area contributed by atoms with Crippen LogP contribution in [-0.4, -0.2) is 10.9 Å². The van der Waals surface area contributed by atoms with Crippen molar-refractivity contribution in [1.29, 1.82) is 0 Å². The summed E-state index contributed by atoms with van der Waals surface area (Å²) in [5.41, 5.74) is 2.96. The zero-order chi connectivity index (χ0) is 15.1. The first-order chi connectivity index (χ1) is 10.2. The van der Waals surface area contributed by atoms with Gasteiger partial charge in [-0.3, -0.25) is 0 Å². The van der Waals surface area contributed by atoms with Crippen molar-refractivity contribution in [2.24, 2.45) is 5.16 Å². The molecule has 0 bridgehead atoms. The zero-order valence-electron chi connectivity index (χ0n) is 11.9. The van der Waals surface area contributed by atoms with E-state index in [0.717, 1.165) is 40.5 Å². The van der Waals surface area contributed by atoms with E-state index in [4.69, 9.17) is 21.5 Å². The predicted octanol–water partition coefficient (Wildman–Crippen LogP) is 4.70. The topological polar surface area (TPSA) is 41.8 Å². The molecule has 0 aromatic heterocycles. The summed E-state index contributed by atoms with van der Waals surface area (Å²) >= 11 is 5.85. The van der Waals surface area contributed by atoms with Gasteiger partial charge in [0.1, 0.15) is 12.4 Å². The largest absolute Gasteiger partial charge is 0.489 e. The fraction of sp³-hybridized carbons (Fsp3) is 0.235. The summed E-state index contributed by atoms with van der Waals surface area (Å²) in [5.74, 6) is 0.834. The van der Waals surface area contributed by atoms with Gasteiger partial charge in [0.05, 0.1) is 5.71 Å². The van der Waals surface area contributed by atoms with E-state index in [9.17, 15) is 0 Å². The van der Waals surface area contributed by atoms with Gasteiger partial charge in [-0.15, -0.1) is 0 Å². The summed E-state index contributed by atoms with van der Waals surface area (Å²) in [5, 5.41) is 12.6. The number of rotatable bonds is 6. The van der Waals surface area contributed by atoms with Gasteiger partial charge in [-0.05, 0) is 55.2 Å². The smallest absolute Gasteiger partial charge is 0.120 e. The third-order valence-corrected chi connectivity index (χ3v) is 3.42. The Labute approximate surface area is 129 Å². The number of benzene rings is 2. The SMILES string of the molecule is C/C(CCc1cccc(OCc2ccc(Cl)cc2)c1)=N\O. The number of hydrogen-bond donors (Lipinski definition) is 1. The molecule has 110 valence electrons. The minimum absolute atomic E-state index is 0.512. The fourth-order valence-electron chi connectivity index (χ4n) is 1.91. The van der Waals surface area contributed by atoms with E-state index in [0.29, 0.717) is 6.61 Å². The molecular weight excluding hydrogens is 286 g/mol. The highest BCUT2D eigenvalue weighted by molar-refractivity contribution is 6.30. The van der Waals surface area contributed by atoms with Gasteiger partial charge in [-0.2, -0.15) is 0 Å². The number of hydrogen-bond acceptors (Lipinski definition) is 3. The second kappa shape index (κ2) is 7.70. The third kappa shape index (κ3) is 5.12. The molecule has 2 aromatic carbocycles. The van der Waals surface area contributed by atoms with E-state index in [1.54, 1.807) is 6.92 Å². The molecule has 0 aliphatic carbocycles. The Balaban J connectivity index is 1.93. The van der Waals surface area contributed by atoms with Gasteiger partial charge in [0.2, 0.25) is 0 Å². The molecule has 3 nitrogen and oxygen atoms in total. The van der Waals surface area contributed by atoms with E-state index in [1.807, 2.05) is 48.5 Å². The second-order valence-corrected chi connectivity index (χ2v) is 5.33. The lowest BCUT2D eigenvalue weighted by atomic mass is 10.1. The first-order valence-electron chi connectivity index (χ1n) is 6.81. The monoisotopic (exact) mass is 303 g/mol. The lowest BCUT2D eigenvalue weighted by molar-refractivity contribution is 0.306. The Bertz CT molecular complexity index is 608. The van der Waals surface area contributed by atoms with E-state index in [2.05, 4.69) is 5.16 Å². The molecule has 0 fully saturated rings. The zero-order valence-corrected chi connectivity index (χ0v) is 12.7. The fourth-order valence-corrected chi connectivity index (χ4v) is 2.04. The van der Waals surface area contributed by atoms with Gasteiger partial charge in [-0.1, -0.05) is 41.0 Å². The standard InChI is InChI=1S/C17H18ClNO2/c1-13(19-20)5-6-14-3-2-4-17(11-14)21-12-15-7-9-16(18)10-8-15/h2-4,7-11,20H,5-6,12H2,1H3/b19-13+. The average molecular weight is 304 g/mol. The van der Waals surface area contributed by atoms with Crippen LogP contribution in [0.4, 0.5) is 0 Å². The average Bonchev–Trinajstić information content (AvgIpc) is 2.52. The Kier molecular flexibility index (Phi) is 5.64. The molecule has 0 unspecified atom stereocenters. The lowest BCUT2D eigenvalue weighted by Crippen LogP contribution is -1.98. The molecule has 0 saturated carbocycles. The normalized spacial score (nSPS) is 11.4. The van der Waals surface area contributed by atoms with Crippen LogP contribution in [0.3, 0.4) is 0 Å². The lowest BCUT2D eigenvalue weighted by Gasteiger charge is -2.08. The first-order valence-corrected chi connectivity index (χ1v) is 7.19. The van der Waals surface area contributed by atoms with E-state index in [-0.39, 0.29) is 0 Å². The molecule has 0 aliphatic heterocycles. The summed E-state index contributed by atoms with van der Waals surface area (Å²) in [6.45, 7) is 2.32. The van der Waals surface area contributed by atoms with Crippen LogP contribution in [0.25, 0.3) is 0 Å². The molecule has 0 aliphatic rings. The molecule has 1 N–H and O–H groups in total. The maximum absolute atomic E-state index is 8.65. The third-order valence-electron chi connectivity index (χ3n) is 3.16. The second-order valence-electron chi connectivity index (χ2n) is 4.90. The Morgan fingerprint density at radius 2 is 1.90 bits per heavy atom. The van der Waals surface area contributed by atoms with Crippen LogP contribution in [0.1, 0.15) is 24.5 Å². The number of ether oxygens (including phenoxy) is 1. The molecular formula is C17H18ClNO2. The number of halogens is 1. The van der Waals surface area contributed by atoms with Crippen LogP contribution in [0.15, 0.2) is 53.7 Å². The van der Waals surface area contributed by atoms with Gasteiger partial charge >= 0.3 is 0 Å². The van der Waals surface area contributed by atoms with Gasteiger partial charge in [0.15, 0.2) is 0 Å². The van der Waals surface area contributed by atoms with Crippen LogP contribution < -0.4 is 4.74 Å². The Morgan fingerprint density at radius 3 is 2.62 bits per heavy atom. The summed E-state index contributed by atoms with van der Waals surface area (Å²) in [4.78, 5) is 0. The minimum atomic E-state index is 0.512. The number of aryl methyl sites for hydroxylation is 1. The van der Waals surface area contributed by atoms with E-state index < -0.39 is 0 Å². The molecule has 2 aromatic rings. The molecule has 0 heterocycles. The van der Waals surface area contributed by atoms with E-state index in [1.165, 1.54) is 0 Å². The Hall–Kier alpha value is -2.00. The van der Waals surface area contributed by atoms with Crippen molar-refractivity contribution >= 4 is 17.3 Å². The first kappa shape index (κ1) is 15.4. The van der Waals surface area contributed by atoms with Crippen LogP contribution in [0.5, 0.6) is 5.75 Å².